The Labute approximate surface area is 244 Å². The summed E-state index contributed by atoms with van der Waals surface area (Å²) in [5.41, 5.74) is -2.35. The molecule has 4 rings (SSSR count). The summed E-state index contributed by atoms with van der Waals surface area (Å²) in [6.07, 6.45) is -5.00. The van der Waals surface area contributed by atoms with E-state index < -0.39 is 67.9 Å². The second-order valence-corrected chi connectivity index (χ2v) is 11.5. The predicted octanol–water partition coefficient (Wildman–Crippen LogP) is 2.03. The van der Waals surface area contributed by atoms with E-state index in [0.29, 0.717) is 0 Å². The quantitative estimate of drug-likeness (QED) is 0.134. The number of aromatic amines is 1. The molecule has 0 aliphatic carbocycles. The third-order valence-electron chi connectivity index (χ3n) is 5.88. The number of rotatable bonds is 13. The largest absolute Gasteiger partial charge is 0.527 e. The lowest BCUT2D eigenvalue weighted by molar-refractivity contribution is -0.385. The van der Waals surface area contributed by atoms with Gasteiger partial charge in [-0.1, -0.05) is 0 Å². The van der Waals surface area contributed by atoms with Gasteiger partial charge >= 0.3 is 21.3 Å². The molecule has 1 aliphatic heterocycles. The number of phosphoric ester groups is 2. The highest BCUT2D eigenvalue weighted by Gasteiger charge is 2.51. The average Bonchev–Trinajstić information content (AvgIpc) is 3.28. The molecule has 0 saturated carbocycles. The Morgan fingerprint density at radius 3 is 1.89 bits per heavy atom. The topological polar surface area (TPSA) is 271 Å². The molecule has 3 aromatic rings. The molecule has 1 aliphatic rings. The highest BCUT2D eigenvalue weighted by Crippen LogP contribution is 2.50. The van der Waals surface area contributed by atoms with Gasteiger partial charge in [0.2, 0.25) is 0 Å². The Balaban J connectivity index is 1.57. The highest BCUT2D eigenvalue weighted by atomic mass is 31.2. The first kappa shape index (κ1) is 32.6. The van der Waals surface area contributed by atoms with Gasteiger partial charge in [-0.15, -0.1) is 0 Å². The van der Waals surface area contributed by atoms with E-state index in [1.807, 2.05) is 4.98 Å². The fourth-order valence-electron chi connectivity index (χ4n) is 3.97. The standard InChI is InChI=1S/C22H22N4O16P2/c1-37-20-19(42-44(35,36)41-16-8-4-14(5-9-16)26(31)32)17(39-21(20)24-11-10-18(27)23-22(24)28)12-38-43(33,34)40-15-6-2-13(3-7-15)25(29)30/h2-11,17,19-21H,12H2,1H3,(H,33,34)(H,35,36)(H,23,27,28)/t17-,19-,20-,21-/m1/s1. The number of aromatic nitrogens is 2. The number of phosphoric acid groups is 2. The van der Waals surface area contributed by atoms with Gasteiger partial charge in [0, 0.05) is 43.6 Å². The van der Waals surface area contributed by atoms with Crippen LogP contribution in [0.3, 0.4) is 0 Å². The van der Waals surface area contributed by atoms with Crippen LogP contribution in [0.25, 0.3) is 0 Å². The number of nitro groups is 2. The maximum Gasteiger partial charge on any atom is 0.527 e. The molecule has 0 radical (unpaired) electrons. The number of nitrogens with one attached hydrogen (secondary N) is 1. The lowest BCUT2D eigenvalue weighted by atomic mass is 10.1. The molecule has 236 valence electrons. The van der Waals surface area contributed by atoms with Gasteiger partial charge in [-0.2, -0.15) is 0 Å². The van der Waals surface area contributed by atoms with Crippen molar-refractivity contribution in [3.63, 3.8) is 0 Å². The number of nitrogens with zero attached hydrogens (tertiary/aromatic N) is 3. The van der Waals surface area contributed by atoms with Gasteiger partial charge in [0.15, 0.2) is 6.23 Å². The maximum absolute atomic E-state index is 13.0. The summed E-state index contributed by atoms with van der Waals surface area (Å²) in [6, 6.07) is 9.16. The number of hydrogen-bond acceptors (Lipinski definition) is 14. The third-order valence-corrected chi connectivity index (χ3v) is 7.74. The summed E-state index contributed by atoms with van der Waals surface area (Å²) in [6.45, 7) is -0.878. The average molecular weight is 660 g/mol. The number of non-ortho nitro benzene ring substituents is 2. The van der Waals surface area contributed by atoms with Crippen LogP contribution in [0, 0.1) is 20.2 Å². The smallest absolute Gasteiger partial charge is 0.404 e. The van der Waals surface area contributed by atoms with Crippen LogP contribution in [0.2, 0.25) is 0 Å². The molecule has 2 aromatic carbocycles. The molecule has 2 heterocycles. The molecule has 1 fully saturated rings. The number of hydrogen-bond donors (Lipinski definition) is 3. The number of nitro benzene ring substituents is 2. The molecular formula is C22H22N4O16P2. The van der Waals surface area contributed by atoms with Crippen molar-refractivity contribution in [1.82, 2.24) is 9.55 Å². The van der Waals surface area contributed by atoms with Gasteiger partial charge in [0.05, 0.1) is 16.5 Å². The Kier molecular flexibility index (Phi) is 9.77. The highest BCUT2D eigenvalue weighted by molar-refractivity contribution is 7.48. The normalized spacial score (nSPS) is 22.4. The number of methoxy groups -OCH3 is 1. The molecule has 0 spiro atoms. The minimum Gasteiger partial charge on any atom is -0.404 e. The van der Waals surface area contributed by atoms with Gasteiger partial charge in [-0.25, -0.2) is 13.9 Å². The van der Waals surface area contributed by atoms with Crippen LogP contribution in [-0.2, 0) is 27.7 Å². The first-order chi connectivity index (χ1) is 20.7. The van der Waals surface area contributed by atoms with Crippen molar-refractivity contribution in [2.45, 2.75) is 24.5 Å². The Hall–Kier alpha value is -4.26. The number of ether oxygens (including phenoxy) is 2. The van der Waals surface area contributed by atoms with E-state index in [2.05, 4.69) is 0 Å². The molecular weight excluding hydrogens is 638 g/mol. The molecule has 0 bridgehead atoms. The van der Waals surface area contributed by atoms with Crippen LogP contribution in [0.15, 0.2) is 70.4 Å². The van der Waals surface area contributed by atoms with E-state index in [1.54, 1.807) is 0 Å². The predicted molar refractivity (Wildman–Crippen MR) is 144 cm³/mol. The summed E-state index contributed by atoms with van der Waals surface area (Å²) >= 11 is 0. The first-order valence-corrected chi connectivity index (χ1v) is 15.0. The zero-order valence-electron chi connectivity index (χ0n) is 22.1. The van der Waals surface area contributed by atoms with Crippen molar-refractivity contribution in [3.8, 4) is 11.5 Å². The Morgan fingerprint density at radius 1 is 0.886 bits per heavy atom. The second kappa shape index (κ2) is 13.2. The van der Waals surface area contributed by atoms with Crippen LogP contribution in [0.5, 0.6) is 11.5 Å². The first-order valence-electron chi connectivity index (χ1n) is 12.0. The summed E-state index contributed by atoms with van der Waals surface area (Å²) in [5.74, 6) is -0.572. The van der Waals surface area contributed by atoms with Crippen LogP contribution in [0.4, 0.5) is 11.4 Å². The van der Waals surface area contributed by atoms with Crippen LogP contribution < -0.4 is 20.3 Å². The third kappa shape index (κ3) is 8.01. The molecule has 44 heavy (non-hydrogen) atoms. The SMILES string of the molecule is CO[C@@H]1[C@H](OP(=O)(O)Oc2ccc([N+](=O)[O-])cc2)[C@@H](COP(=O)(O)Oc2ccc([N+](=O)[O-])cc2)O[C@H]1n1ccc(=O)[nH]c1=O. The lowest BCUT2D eigenvalue weighted by Crippen LogP contribution is -2.40. The monoisotopic (exact) mass is 660 g/mol. The number of H-pyrrole nitrogens is 1. The van der Waals surface area contributed by atoms with E-state index in [4.69, 9.17) is 27.6 Å². The lowest BCUT2D eigenvalue weighted by Gasteiger charge is -2.25. The van der Waals surface area contributed by atoms with Crippen LogP contribution >= 0.6 is 15.6 Å². The van der Waals surface area contributed by atoms with Gasteiger partial charge < -0.3 is 18.5 Å². The zero-order chi connectivity index (χ0) is 32.2. The van der Waals surface area contributed by atoms with Crippen LogP contribution in [-0.4, -0.2) is 61.2 Å². The fourth-order valence-corrected chi connectivity index (χ4v) is 5.74. The minimum absolute atomic E-state index is 0.273. The number of benzene rings is 2. The van der Waals surface area contributed by atoms with Gasteiger partial charge in [-0.05, 0) is 24.3 Å². The van der Waals surface area contributed by atoms with E-state index >= 15 is 0 Å². The van der Waals surface area contributed by atoms with Gasteiger partial charge in [0.25, 0.3) is 16.9 Å². The second-order valence-electron chi connectivity index (χ2n) is 8.77. The van der Waals surface area contributed by atoms with E-state index in [1.165, 1.54) is 0 Å². The molecule has 20 nitrogen and oxygen atoms in total. The summed E-state index contributed by atoms with van der Waals surface area (Å²) in [5, 5.41) is 21.7. The van der Waals surface area contributed by atoms with E-state index in [-0.39, 0.29) is 22.9 Å². The minimum atomic E-state index is -5.11. The molecule has 0 amide bonds. The molecule has 2 unspecified atom stereocenters. The van der Waals surface area contributed by atoms with Crippen molar-refractivity contribution in [2.75, 3.05) is 13.7 Å². The van der Waals surface area contributed by atoms with E-state index in [0.717, 1.165) is 72.5 Å². The Bertz CT molecular complexity index is 1730. The maximum atomic E-state index is 13.0. The van der Waals surface area contributed by atoms with Crippen LogP contribution in [0.1, 0.15) is 6.23 Å². The van der Waals surface area contributed by atoms with Gasteiger partial charge in [-0.3, -0.25) is 53.4 Å². The summed E-state index contributed by atoms with van der Waals surface area (Å²) in [7, 11) is -8.95. The van der Waals surface area contributed by atoms with E-state index in [9.17, 15) is 48.7 Å². The molecule has 6 atom stereocenters. The molecule has 22 heteroatoms. The zero-order valence-corrected chi connectivity index (χ0v) is 23.9. The van der Waals surface area contributed by atoms with Crippen molar-refractivity contribution >= 4 is 27.0 Å². The summed E-state index contributed by atoms with van der Waals surface area (Å²) < 4.78 is 57.8. The van der Waals surface area contributed by atoms with Crippen molar-refractivity contribution in [3.05, 3.63) is 102 Å². The van der Waals surface area contributed by atoms with Crippen molar-refractivity contribution in [1.29, 1.82) is 0 Å². The summed E-state index contributed by atoms with van der Waals surface area (Å²) in [4.78, 5) is 67.1. The Morgan fingerprint density at radius 2 is 1.41 bits per heavy atom. The molecule has 3 N–H and O–H groups in total. The fraction of sp³-hybridized carbons (Fsp3) is 0.273. The van der Waals surface area contributed by atoms with Crippen molar-refractivity contribution in [2.24, 2.45) is 0 Å². The van der Waals surface area contributed by atoms with Crippen molar-refractivity contribution < 1.29 is 56.3 Å². The molecule has 1 aromatic heterocycles. The van der Waals surface area contributed by atoms with Gasteiger partial charge in [0.1, 0.15) is 29.8 Å². The molecule has 1 saturated heterocycles.